The Labute approximate surface area is 131 Å². The monoisotopic (exact) mass is 311 g/mol. The lowest BCUT2D eigenvalue weighted by molar-refractivity contribution is 0.0990. The number of hydrogen-bond acceptors (Lipinski definition) is 5. The van der Waals surface area contributed by atoms with Gasteiger partial charge in [0, 0.05) is 5.69 Å². The van der Waals surface area contributed by atoms with Crippen LogP contribution in [0.4, 0.5) is 11.7 Å². The van der Waals surface area contributed by atoms with Crippen LogP contribution < -0.4 is 10.6 Å². The number of rotatable bonds is 4. The van der Waals surface area contributed by atoms with Crippen LogP contribution in [0.15, 0.2) is 57.8 Å². The molecule has 0 atom stereocenters. The van der Waals surface area contributed by atoms with E-state index in [0.29, 0.717) is 5.69 Å². The highest BCUT2D eigenvalue weighted by Crippen LogP contribution is 2.16. The Morgan fingerprint density at radius 1 is 1.00 bits per heavy atom. The van der Waals surface area contributed by atoms with Crippen LogP contribution >= 0.6 is 0 Å². The van der Waals surface area contributed by atoms with Gasteiger partial charge in [0.1, 0.15) is 6.26 Å². The maximum Gasteiger partial charge on any atom is 0.302 e. The van der Waals surface area contributed by atoms with Crippen LogP contribution in [0.2, 0.25) is 0 Å². The molecule has 2 aromatic heterocycles. The quantitative estimate of drug-likeness (QED) is 0.771. The van der Waals surface area contributed by atoms with Crippen molar-refractivity contribution in [2.75, 3.05) is 10.6 Å². The number of benzene rings is 1. The number of anilines is 2. The minimum absolute atomic E-state index is 0.0583. The zero-order valence-electron chi connectivity index (χ0n) is 12.2. The predicted octanol–water partition coefficient (Wildman–Crippen LogP) is 3.08. The Hall–Kier alpha value is -3.35. The first kappa shape index (κ1) is 14.6. The summed E-state index contributed by atoms with van der Waals surface area (Å²) in [6.07, 6.45) is 2.55. The number of hydrogen-bond donors (Lipinski definition) is 2. The van der Waals surface area contributed by atoms with Gasteiger partial charge in [0.15, 0.2) is 11.5 Å². The summed E-state index contributed by atoms with van der Waals surface area (Å²) in [5, 5.41) is 5.13. The Bertz CT molecular complexity index is 837. The second kappa shape index (κ2) is 6.18. The van der Waals surface area contributed by atoms with Gasteiger partial charge in [0.05, 0.1) is 6.26 Å². The van der Waals surface area contributed by atoms with Gasteiger partial charge < -0.3 is 14.2 Å². The molecule has 23 heavy (non-hydrogen) atoms. The minimum Gasteiger partial charge on any atom is -0.459 e. The number of nitrogens with zero attached hydrogens (tertiary/aromatic N) is 1. The summed E-state index contributed by atoms with van der Waals surface area (Å²) in [6.45, 7) is 1.88. The summed E-state index contributed by atoms with van der Waals surface area (Å²) in [7, 11) is 0. The van der Waals surface area contributed by atoms with Crippen molar-refractivity contribution in [1.82, 2.24) is 4.98 Å². The standard InChI is InChI=1S/C16H13N3O4/c1-10-5-2-3-6-11(10)17-14(20)12-9-23-16(18-12)19-15(21)13-7-4-8-22-13/h2-9H,1H3,(H,17,20)(H,18,19,21). The van der Waals surface area contributed by atoms with E-state index in [1.54, 1.807) is 12.1 Å². The molecule has 0 bridgehead atoms. The number of para-hydroxylation sites is 1. The summed E-state index contributed by atoms with van der Waals surface area (Å²) in [5.74, 6) is -0.821. The fourth-order valence-corrected chi connectivity index (χ4v) is 1.90. The third-order valence-electron chi connectivity index (χ3n) is 3.10. The van der Waals surface area contributed by atoms with Crippen molar-refractivity contribution in [1.29, 1.82) is 0 Å². The predicted molar refractivity (Wildman–Crippen MR) is 82.3 cm³/mol. The van der Waals surface area contributed by atoms with E-state index in [0.717, 1.165) is 5.56 Å². The van der Waals surface area contributed by atoms with Crippen LogP contribution in [0, 0.1) is 6.92 Å². The van der Waals surface area contributed by atoms with Gasteiger partial charge in [0.2, 0.25) is 0 Å². The largest absolute Gasteiger partial charge is 0.459 e. The first-order valence-electron chi connectivity index (χ1n) is 6.81. The molecule has 2 heterocycles. The minimum atomic E-state index is -0.511. The van der Waals surface area contributed by atoms with Gasteiger partial charge in [-0.25, -0.2) is 0 Å². The summed E-state index contributed by atoms with van der Waals surface area (Å²) in [6, 6.07) is 10.4. The van der Waals surface area contributed by atoms with E-state index in [-0.39, 0.29) is 17.5 Å². The number of nitrogens with one attached hydrogen (secondary N) is 2. The molecule has 7 heteroatoms. The van der Waals surface area contributed by atoms with Crippen LogP contribution in [0.25, 0.3) is 0 Å². The highest BCUT2D eigenvalue weighted by molar-refractivity contribution is 6.04. The summed E-state index contributed by atoms with van der Waals surface area (Å²) < 4.78 is 10.0. The molecule has 116 valence electrons. The lowest BCUT2D eigenvalue weighted by atomic mass is 10.2. The smallest absolute Gasteiger partial charge is 0.302 e. The molecular formula is C16H13N3O4. The lowest BCUT2D eigenvalue weighted by Gasteiger charge is -2.05. The van der Waals surface area contributed by atoms with Gasteiger partial charge in [-0.2, -0.15) is 4.98 Å². The van der Waals surface area contributed by atoms with E-state index in [4.69, 9.17) is 8.83 Å². The van der Waals surface area contributed by atoms with Crippen molar-refractivity contribution in [2.24, 2.45) is 0 Å². The topological polar surface area (TPSA) is 97.4 Å². The van der Waals surface area contributed by atoms with Crippen LogP contribution in [0.3, 0.4) is 0 Å². The van der Waals surface area contributed by atoms with E-state index in [9.17, 15) is 9.59 Å². The molecule has 0 unspecified atom stereocenters. The molecule has 0 aliphatic heterocycles. The number of aryl methyl sites for hydroxylation is 1. The second-order valence-corrected chi connectivity index (χ2v) is 4.74. The fourth-order valence-electron chi connectivity index (χ4n) is 1.90. The van der Waals surface area contributed by atoms with E-state index in [1.807, 2.05) is 25.1 Å². The number of aromatic nitrogens is 1. The average Bonchev–Trinajstić information content (AvgIpc) is 3.20. The zero-order valence-corrected chi connectivity index (χ0v) is 12.2. The van der Waals surface area contributed by atoms with Crippen molar-refractivity contribution in [3.05, 3.63) is 65.9 Å². The van der Waals surface area contributed by atoms with E-state index >= 15 is 0 Å². The molecule has 0 spiro atoms. The molecule has 0 radical (unpaired) electrons. The molecular weight excluding hydrogens is 298 g/mol. The van der Waals surface area contributed by atoms with Gasteiger partial charge >= 0.3 is 6.01 Å². The summed E-state index contributed by atoms with van der Waals surface area (Å²) in [4.78, 5) is 27.8. The molecule has 0 saturated carbocycles. The van der Waals surface area contributed by atoms with Crippen LogP contribution in [-0.2, 0) is 0 Å². The fraction of sp³-hybridized carbons (Fsp3) is 0.0625. The molecule has 0 aliphatic carbocycles. The van der Waals surface area contributed by atoms with Gasteiger partial charge in [-0.3, -0.25) is 14.9 Å². The number of carbonyl (C=O) groups excluding carboxylic acids is 2. The van der Waals surface area contributed by atoms with E-state index < -0.39 is 11.8 Å². The zero-order chi connectivity index (χ0) is 16.2. The van der Waals surface area contributed by atoms with E-state index in [2.05, 4.69) is 15.6 Å². The van der Waals surface area contributed by atoms with Gasteiger partial charge in [-0.05, 0) is 30.7 Å². The van der Waals surface area contributed by atoms with Crippen molar-refractivity contribution < 1.29 is 18.4 Å². The van der Waals surface area contributed by atoms with Crippen LogP contribution in [0.5, 0.6) is 0 Å². The average molecular weight is 311 g/mol. The SMILES string of the molecule is Cc1ccccc1NC(=O)c1coc(NC(=O)c2ccco2)n1. The van der Waals surface area contributed by atoms with Crippen molar-refractivity contribution in [3.63, 3.8) is 0 Å². The molecule has 2 amide bonds. The first-order chi connectivity index (χ1) is 11.1. The normalized spacial score (nSPS) is 10.3. The molecule has 3 rings (SSSR count). The third kappa shape index (κ3) is 3.29. The third-order valence-corrected chi connectivity index (χ3v) is 3.10. The summed E-state index contributed by atoms with van der Waals surface area (Å²) >= 11 is 0. The van der Waals surface area contributed by atoms with Gasteiger partial charge in [0.25, 0.3) is 11.8 Å². The Morgan fingerprint density at radius 3 is 2.57 bits per heavy atom. The van der Waals surface area contributed by atoms with Crippen LogP contribution in [-0.4, -0.2) is 16.8 Å². The van der Waals surface area contributed by atoms with E-state index in [1.165, 1.54) is 18.6 Å². The molecule has 1 aromatic carbocycles. The van der Waals surface area contributed by atoms with Crippen molar-refractivity contribution >= 4 is 23.5 Å². The molecule has 3 aromatic rings. The first-order valence-corrected chi connectivity index (χ1v) is 6.81. The lowest BCUT2D eigenvalue weighted by Crippen LogP contribution is -2.14. The van der Waals surface area contributed by atoms with Crippen molar-refractivity contribution in [2.45, 2.75) is 6.92 Å². The molecule has 0 aliphatic rings. The van der Waals surface area contributed by atoms with Crippen molar-refractivity contribution in [3.8, 4) is 0 Å². The number of oxazole rings is 1. The second-order valence-electron chi connectivity index (χ2n) is 4.74. The molecule has 7 nitrogen and oxygen atoms in total. The molecule has 0 saturated heterocycles. The molecule has 2 N–H and O–H groups in total. The highest BCUT2D eigenvalue weighted by atomic mass is 16.4. The maximum absolute atomic E-state index is 12.1. The maximum atomic E-state index is 12.1. The van der Waals surface area contributed by atoms with Crippen LogP contribution in [0.1, 0.15) is 26.6 Å². The Balaban J connectivity index is 1.68. The number of amides is 2. The van der Waals surface area contributed by atoms with Gasteiger partial charge in [-0.1, -0.05) is 18.2 Å². The number of carbonyl (C=O) groups is 2. The molecule has 0 fully saturated rings. The number of furan rings is 1. The highest BCUT2D eigenvalue weighted by Gasteiger charge is 2.16. The summed E-state index contributed by atoms with van der Waals surface area (Å²) in [5.41, 5.74) is 1.67. The van der Waals surface area contributed by atoms with Gasteiger partial charge in [-0.15, -0.1) is 0 Å². The Morgan fingerprint density at radius 2 is 1.83 bits per heavy atom. The Kier molecular flexibility index (Phi) is 3.92.